The molecular formula is C19H21N5O5S. The Kier molecular flexibility index (Phi) is 4.85. The molecule has 4 rings (SSSR count). The number of rotatable bonds is 4. The highest BCUT2D eigenvalue weighted by molar-refractivity contribution is 7.92. The van der Waals surface area contributed by atoms with Gasteiger partial charge in [0, 0.05) is 27.2 Å². The van der Waals surface area contributed by atoms with Crippen LogP contribution in [0.15, 0.2) is 51.1 Å². The molecule has 0 N–H and O–H groups in total. The fourth-order valence-electron chi connectivity index (χ4n) is 3.77. The van der Waals surface area contributed by atoms with Gasteiger partial charge in [-0.1, -0.05) is 18.2 Å². The molecule has 1 fully saturated rings. The fourth-order valence-corrected chi connectivity index (χ4v) is 5.49. The zero-order valence-corrected chi connectivity index (χ0v) is 17.4. The number of aryl methyl sites for hydroxylation is 1. The Balaban J connectivity index is 1.56. The van der Waals surface area contributed by atoms with Gasteiger partial charge in [0.1, 0.15) is 6.54 Å². The summed E-state index contributed by atoms with van der Waals surface area (Å²) in [5.41, 5.74) is -0.690. The van der Waals surface area contributed by atoms with Crippen LogP contribution >= 0.6 is 0 Å². The number of aromatic nitrogens is 4. The second-order valence-electron chi connectivity index (χ2n) is 7.36. The van der Waals surface area contributed by atoms with Crippen molar-refractivity contribution in [2.24, 2.45) is 14.1 Å². The summed E-state index contributed by atoms with van der Waals surface area (Å²) in [7, 11) is -0.662. The van der Waals surface area contributed by atoms with Crippen molar-refractivity contribution in [3.05, 3.63) is 57.5 Å². The summed E-state index contributed by atoms with van der Waals surface area (Å²) >= 11 is 0. The number of imidazole rings is 1. The highest BCUT2D eigenvalue weighted by Gasteiger charge is 2.36. The number of carbonyl (C=O) groups is 1. The largest absolute Gasteiger partial charge is 0.340 e. The summed E-state index contributed by atoms with van der Waals surface area (Å²) in [6, 6.07) is 8.19. The van der Waals surface area contributed by atoms with Crippen LogP contribution in [0, 0.1) is 0 Å². The van der Waals surface area contributed by atoms with Crippen LogP contribution in [0.5, 0.6) is 0 Å². The second-order valence-corrected chi connectivity index (χ2v) is 9.59. The van der Waals surface area contributed by atoms with Gasteiger partial charge in [0.15, 0.2) is 21.0 Å². The maximum atomic E-state index is 12.8. The van der Waals surface area contributed by atoms with E-state index in [1.54, 1.807) is 30.3 Å². The van der Waals surface area contributed by atoms with Crippen LogP contribution < -0.4 is 11.2 Å². The number of hydrogen-bond acceptors (Lipinski definition) is 6. The van der Waals surface area contributed by atoms with E-state index in [4.69, 9.17) is 0 Å². The van der Waals surface area contributed by atoms with Crippen LogP contribution in [0.25, 0.3) is 11.2 Å². The van der Waals surface area contributed by atoms with Gasteiger partial charge in [-0.3, -0.25) is 18.7 Å². The molecule has 11 heteroatoms. The van der Waals surface area contributed by atoms with Gasteiger partial charge >= 0.3 is 5.69 Å². The van der Waals surface area contributed by atoms with Crippen molar-refractivity contribution < 1.29 is 13.2 Å². The first kappa shape index (κ1) is 20.1. The quantitative estimate of drug-likeness (QED) is 0.550. The molecule has 3 heterocycles. The Hall–Kier alpha value is -3.21. The average Bonchev–Trinajstić information content (AvgIpc) is 3.39. The lowest BCUT2D eigenvalue weighted by atomic mass is 10.4. The Morgan fingerprint density at radius 1 is 1.13 bits per heavy atom. The van der Waals surface area contributed by atoms with Crippen molar-refractivity contribution in [2.45, 2.75) is 23.1 Å². The van der Waals surface area contributed by atoms with Crippen LogP contribution in [0.1, 0.15) is 6.42 Å². The van der Waals surface area contributed by atoms with E-state index in [0.717, 1.165) is 4.57 Å². The van der Waals surface area contributed by atoms with E-state index >= 15 is 0 Å². The van der Waals surface area contributed by atoms with Gasteiger partial charge in [0.05, 0.1) is 16.5 Å². The smallest absolute Gasteiger partial charge is 0.332 e. The Morgan fingerprint density at radius 3 is 2.53 bits per heavy atom. The van der Waals surface area contributed by atoms with E-state index in [1.807, 2.05) is 0 Å². The molecule has 0 saturated carbocycles. The van der Waals surface area contributed by atoms with Crippen LogP contribution in [0.2, 0.25) is 0 Å². The minimum Gasteiger partial charge on any atom is -0.340 e. The van der Waals surface area contributed by atoms with Gasteiger partial charge in [-0.25, -0.2) is 18.2 Å². The molecule has 0 aliphatic carbocycles. The van der Waals surface area contributed by atoms with Gasteiger partial charge in [-0.05, 0) is 18.6 Å². The van der Waals surface area contributed by atoms with Gasteiger partial charge in [-0.15, -0.1) is 0 Å². The van der Waals surface area contributed by atoms with Crippen molar-refractivity contribution in [1.29, 1.82) is 0 Å². The summed E-state index contributed by atoms with van der Waals surface area (Å²) < 4.78 is 29.2. The third kappa shape index (κ3) is 3.15. The summed E-state index contributed by atoms with van der Waals surface area (Å²) in [6.45, 7) is 0.250. The van der Waals surface area contributed by atoms with Crippen LogP contribution in [-0.4, -0.2) is 56.2 Å². The lowest BCUT2D eigenvalue weighted by molar-refractivity contribution is -0.130. The summed E-state index contributed by atoms with van der Waals surface area (Å²) in [5.74, 6) is -0.309. The van der Waals surface area contributed by atoms with Gasteiger partial charge < -0.3 is 9.47 Å². The Labute approximate surface area is 171 Å². The maximum Gasteiger partial charge on any atom is 0.332 e. The van der Waals surface area contributed by atoms with Crippen LogP contribution in [0.4, 0.5) is 0 Å². The van der Waals surface area contributed by atoms with Gasteiger partial charge in [-0.2, -0.15) is 0 Å². The van der Waals surface area contributed by atoms with Crippen LogP contribution in [0.3, 0.4) is 0 Å². The molecule has 30 heavy (non-hydrogen) atoms. The van der Waals surface area contributed by atoms with E-state index in [9.17, 15) is 22.8 Å². The predicted molar refractivity (Wildman–Crippen MR) is 109 cm³/mol. The van der Waals surface area contributed by atoms with E-state index < -0.39 is 26.3 Å². The number of sulfone groups is 1. The molecule has 0 bridgehead atoms. The summed E-state index contributed by atoms with van der Waals surface area (Å²) in [4.78, 5) is 43.2. The molecule has 1 aliphatic heterocycles. The zero-order chi connectivity index (χ0) is 21.6. The van der Waals surface area contributed by atoms with Crippen molar-refractivity contribution in [3.8, 4) is 0 Å². The second kappa shape index (κ2) is 7.24. The number of benzene rings is 1. The van der Waals surface area contributed by atoms with E-state index in [0.29, 0.717) is 13.0 Å². The van der Waals surface area contributed by atoms with Crippen molar-refractivity contribution in [3.63, 3.8) is 0 Å². The zero-order valence-electron chi connectivity index (χ0n) is 16.6. The number of hydrogen-bond donors (Lipinski definition) is 0. The number of amides is 1. The first-order valence-corrected chi connectivity index (χ1v) is 10.9. The SMILES string of the molecule is Cn1c(=O)c2c(ncn2CC(=O)N2CC[C@H](S(=O)(=O)c3ccccc3)C2)n(C)c1=O. The third-order valence-corrected chi connectivity index (χ3v) is 7.72. The molecule has 0 unspecified atom stereocenters. The summed E-state index contributed by atoms with van der Waals surface area (Å²) in [6.07, 6.45) is 1.70. The third-order valence-electron chi connectivity index (χ3n) is 5.53. The first-order valence-electron chi connectivity index (χ1n) is 9.39. The Morgan fingerprint density at radius 2 is 1.83 bits per heavy atom. The molecule has 10 nitrogen and oxygen atoms in total. The topological polar surface area (TPSA) is 116 Å². The minimum atomic E-state index is -3.53. The van der Waals surface area contributed by atoms with Crippen molar-refractivity contribution in [1.82, 2.24) is 23.6 Å². The molecule has 0 radical (unpaired) electrons. The highest BCUT2D eigenvalue weighted by Crippen LogP contribution is 2.24. The number of nitrogens with zero attached hydrogens (tertiary/aromatic N) is 5. The van der Waals surface area contributed by atoms with Gasteiger partial charge in [0.2, 0.25) is 5.91 Å². The molecule has 2 aromatic heterocycles. The first-order chi connectivity index (χ1) is 14.2. The number of fused-ring (bicyclic) bond motifs is 1. The van der Waals surface area contributed by atoms with Crippen molar-refractivity contribution >= 4 is 26.9 Å². The molecule has 1 amide bonds. The fraction of sp³-hybridized carbons (Fsp3) is 0.368. The summed E-state index contributed by atoms with van der Waals surface area (Å²) in [5, 5.41) is -0.669. The molecular weight excluding hydrogens is 410 g/mol. The number of likely N-dealkylation sites (tertiary alicyclic amines) is 1. The van der Waals surface area contributed by atoms with Crippen molar-refractivity contribution in [2.75, 3.05) is 13.1 Å². The highest BCUT2D eigenvalue weighted by atomic mass is 32.2. The Bertz CT molecular complexity index is 1350. The van der Waals surface area contributed by atoms with E-state index in [-0.39, 0.29) is 35.1 Å². The molecule has 3 aromatic rings. The monoisotopic (exact) mass is 431 g/mol. The lowest BCUT2D eigenvalue weighted by Gasteiger charge is -2.17. The molecule has 1 saturated heterocycles. The predicted octanol–water partition coefficient (Wildman–Crippen LogP) is -0.491. The molecule has 158 valence electrons. The lowest BCUT2D eigenvalue weighted by Crippen LogP contribution is -2.38. The maximum absolute atomic E-state index is 12.8. The van der Waals surface area contributed by atoms with Crippen LogP contribution in [-0.2, 0) is 35.3 Å². The molecule has 0 spiro atoms. The normalized spacial score (nSPS) is 17.0. The molecule has 1 aliphatic rings. The average molecular weight is 431 g/mol. The molecule has 1 aromatic carbocycles. The molecule has 1 atom stereocenters. The van der Waals surface area contributed by atoms with E-state index in [1.165, 1.54) is 34.5 Å². The number of carbonyl (C=O) groups excluding carboxylic acids is 1. The van der Waals surface area contributed by atoms with Gasteiger partial charge in [0.25, 0.3) is 5.56 Å². The van der Waals surface area contributed by atoms with E-state index in [2.05, 4.69) is 4.98 Å². The minimum absolute atomic E-state index is 0.0964. The standard InChI is InChI=1S/C19H21N5O5S/c1-21-17-16(18(26)22(2)19(21)27)24(12-20-17)11-15(25)23-9-8-14(10-23)30(28,29)13-6-4-3-5-7-13/h3-7,12,14H,8-11H2,1-2H3/t14-/m0/s1.